The number of imidazole rings is 1. The van der Waals surface area contributed by atoms with Crippen molar-refractivity contribution in [3.8, 4) is 0 Å². The molecule has 2 atom stereocenters. The van der Waals surface area contributed by atoms with Crippen molar-refractivity contribution in [1.82, 2.24) is 14.9 Å². The zero-order valence-corrected chi connectivity index (χ0v) is 15.2. The minimum atomic E-state index is 0.117. The van der Waals surface area contributed by atoms with Crippen molar-refractivity contribution in [3.63, 3.8) is 0 Å². The van der Waals surface area contributed by atoms with Gasteiger partial charge in [0.2, 0.25) is 5.91 Å². The van der Waals surface area contributed by atoms with Crippen LogP contribution in [0.1, 0.15) is 43.5 Å². The minimum Gasteiger partial charge on any atom is -0.349 e. The number of rotatable bonds is 3. The highest BCUT2D eigenvalue weighted by Gasteiger charge is 2.40. The quantitative estimate of drug-likeness (QED) is 0.902. The van der Waals surface area contributed by atoms with Crippen molar-refractivity contribution in [2.75, 3.05) is 0 Å². The SMILES string of the molecule is Cc1cccc2nc(CNC(=O)C3CC4CCCC(C3)C4N)n(C)c12. The number of hydrogen-bond donors (Lipinski definition) is 2. The third-order valence-electron chi connectivity index (χ3n) is 6.39. The van der Waals surface area contributed by atoms with Crippen molar-refractivity contribution in [2.24, 2.45) is 30.5 Å². The number of fused-ring (bicyclic) bond motifs is 3. The van der Waals surface area contributed by atoms with E-state index in [-0.39, 0.29) is 11.8 Å². The first-order chi connectivity index (χ1) is 12.0. The van der Waals surface area contributed by atoms with E-state index in [1.54, 1.807) is 0 Å². The van der Waals surface area contributed by atoms with Crippen LogP contribution >= 0.6 is 0 Å². The van der Waals surface area contributed by atoms with Crippen LogP contribution in [0.4, 0.5) is 0 Å². The van der Waals surface area contributed by atoms with Gasteiger partial charge in [-0.1, -0.05) is 18.6 Å². The summed E-state index contributed by atoms with van der Waals surface area (Å²) in [6.07, 6.45) is 5.55. The second-order valence-electron chi connectivity index (χ2n) is 7.94. The van der Waals surface area contributed by atoms with Crippen LogP contribution in [-0.2, 0) is 18.4 Å². The first kappa shape index (κ1) is 16.6. The highest BCUT2D eigenvalue weighted by Crippen LogP contribution is 2.41. The van der Waals surface area contributed by atoms with E-state index in [2.05, 4.69) is 27.9 Å². The van der Waals surface area contributed by atoms with Crippen LogP contribution in [-0.4, -0.2) is 21.5 Å². The third kappa shape index (κ3) is 2.95. The molecule has 2 bridgehead atoms. The van der Waals surface area contributed by atoms with E-state index in [9.17, 15) is 4.79 Å². The summed E-state index contributed by atoms with van der Waals surface area (Å²) in [7, 11) is 2.02. The van der Waals surface area contributed by atoms with E-state index < -0.39 is 0 Å². The number of aryl methyl sites for hydroxylation is 2. The predicted molar refractivity (Wildman–Crippen MR) is 98.8 cm³/mol. The maximum absolute atomic E-state index is 12.7. The molecule has 1 aromatic carbocycles. The van der Waals surface area contributed by atoms with E-state index in [1.807, 2.05) is 19.2 Å². The van der Waals surface area contributed by atoms with Crippen LogP contribution < -0.4 is 11.1 Å². The smallest absolute Gasteiger partial charge is 0.223 e. The molecular formula is C20H28N4O. The molecule has 5 nitrogen and oxygen atoms in total. The maximum Gasteiger partial charge on any atom is 0.223 e. The molecule has 0 spiro atoms. The summed E-state index contributed by atoms with van der Waals surface area (Å²) in [6, 6.07) is 6.45. The van der Waals surface area contributed by atoms with Gasteiger partial charge in [-0.2, -0.15) is 0 Å². The molecule has 2 aliphatic rings. The van der Waals surface area contributed by atoms with Gasteiger partial charge in [0, 0.05) is 19.0 Å². The lowest BCUT2D eigenvalue weighted by atomic mass is 9.65. The van der Waals surface area contributed by atoms with Crippen molar-refractivity contribution in [3.05, 3.63) is 29.6 Å². The number of benzene rings is 1. The normalized spacial score (nSPS) is 28.9. The number of carbonyl (C=O) groups excluding carboxylic acids is 1. The molecule has 1 aromatic heterocycles. The monoisotopic (exact) mass is 340 g/mol. The highest BCUT2D eigenvalue weighted by molar-refractivity contribution is 5.80. The lowest BCUT2D eigenvalue weighted by molar-refractivity contribution is -0.128. The molecule has 2 fully saturated rings. The molecule has 0 aliphatic heterocycles. The number of para-hydroxylation sites is 1. The van der Waals surface area contributed by atoms with Crippen LogP contribution in [0.2, 0.25) is 0 Å². The Kier molecular flexibility index (Phi) is 4.28. The number of carbonyl (C=O) groups is 1. The average molecular weight is 340 g/mol. The summed E-state index contributed by atoms with van der Waals surface area (Å²) < 4.78 is 2.09. The molecule has 5 heteroatoms. The Balaban J connectivity index is 1.44. The predicted octanol–water partition coefficient (Wildman–Crippen LogP) is 2.65. The molecule has 3 N–H and O–H groups in total. The van der Waals surface area contributed by atoms with Crippen molar-refractivity contribution in [1.29, 1.82) is 0 Å². The topological polar surface area (TPSA) is 72.9 Å². The Hall–Kier alpha value is -1.88. The minimum absolute atomic E-state index is 0.117. The van der Waals surface area contributed by atoms with Gasteiger partial charge in [0.05, 0.1) is 17.6 Å². The number of hydrogen-bond acceptors (Lipinski definition) is 3. The molecule has 2 unspecified atom stereocenters. The Bertz CT molecular complexity index is 782. The van der Waals surface area contributed by atoms with Gasteiger partial charge >= 0.3 is 0 Å². The van der Waals surface area contributed by atoms with Gasteiger partial charge < -0.3 is 15.6 Å². The molecule has 1 amide bonds. The van der Waals surface area contributed by atoms with E-state index in [4.69, 9.17) is 5.73 Å². The largest absolute Gasteiger partial charge is 0.349 e. The van der Waals surface area contributed by atoms with Gasteiger partial charge in [0.15, 0.2) is 0 Å². The lowest BCUT2D eigenvalue weighted by Crippen LogP contribution is -2.49. The second kappa shape index (κ2) is 6.45. The standard InChI is InChI=1S/C20H28N4O/c1-12-5-3-8-16-19(12)24(2)17(23-16)11-22-20(25)15-9-13-6-4-7-14(10-15)18(13)21/h3,5,8,13-15,18H,4,6-7,9-11,21H2,1-2H3,(H,22,25). The van der Waals surface area contributed by atoms with E-state index in [1.165, 1.54) is 24.8 Å². The fourth-order valence-electron chi connectivity index (χ4n) is 4.98. The first-order valence-electron chi connectivity index (χ1n) is 9.49. The van der Waals surface area contributed by atoms with Crippen LogP contribution in [0.5, 0.6) is 0 Å². The summed E-state index contributed by atoms with van der Waals surface area (Å²) >= 11 is 0. The summed E-state index contributed by atoms with van der Waals surface area (Å²) in [5.41, 5.74) is 9.69. The van der Waals surface area contributed by atoms with Gasteiger partial charge in [-0.15, -0.1) is 0 Å². The van der Waals surface area contributed by atoms with Crippen LogP contribution in [0.15, 0.2) is 18.2 Å². The lowest BCUT2D eigenvalue weighted by Gasteiger charge is -2.43. The number of amides is 1. The van der Waals surface area contributed by atoms with Crippen LogP contribution in [0.3, 0.4) is 0 Å². The van der Waals surface area contributed by atoms with E-state index in [0.29, 0.717) is 24.4 Å². The second-order valence-corrected chi connectivity index (χ2v) is 7.94. The summed E-state index contributed by atoms with van der Waals surface area (Å²) in [4.78, 5) is 17.4. The number of nitrogens with zero attached hydrogens (tertiary/aromatic N) is 2. The summed E-state index contributed by atoms with van der Waals surface area (Å²) in [6.45, 7) is 2.58. The molecule has 4 rings (SSSR count). The number of aromatic nitrogens is 2. The average Bonchev–Trinajstić information content (AvgIpc) is 2.90. The molecule has 0 radical (unpaired) electrons. The van der Waals surface area contributed by atoms with Gasteiger partial charge in [-0.25, -0.2) is 4.98 Å². The van der Waals surface area contributed by atoms with Gasteiger partial charge in [0.1, 0.15) is 5.82 Å². The Morgan fingerprint density at radius 1 is 1.32 bits per heavy atom. The Morgan fingerprint density at radius 3 is 2.72 bits per heavy atom. The Morgan fingerprint density at radius 2 is 2.04 bits per heavy atom. The zero-order valence-electron chi connectivity index (χ0n) is 15.2. The molecule has 1 heterocycles. The van der Waals surface area contributed by atoms with Crippen LogP contribution in [0, 0.1) is 24.7 Å². The van der Waals surface area contributed by atoms with Crippen LogP contribution in [0.25, 0.3) is 11.0 Å². The van der Waals surface area contributed by atoms with Crippen molar-refractivity contribution >= 4 is 16.9 Å². The highest BCUT2D eigenvalue weighted by atomic mass is 16.1. The number of nitrogens with one attached hydrogen (secondary N) is 1. The maximum atomic E-state index is 12.7. The van der Waals surface area contributed by atoms with E-state index in [0.717, 1.165) is 29.7 Å². The molecule has 2 aromatic rings. The molecular weight excluding hydrogens is 312 g/mol. The van der Waals surface area contributed by atoms with Gasteiger partial charge in [-0.05, 0) is 56.1 Å². The van der Waals surface area contributed by atoms with E-state index >= 15 is 0 Å². The molecule has 0 saturated heterocycles. The Labute approximate surface area is 149 Å². The van der Waals surface area contributed by atoms with Crippen molar-refractivity contribution in [2.45, 2.75) is 51.6 Å². The zero-order chi connectivity index (χ0) is 17.6. The third-order valence-corrected chi connectivity index (χ3v) is 6.39. The fourth-order valence-corrected chi connectivity index (χ4v) is 4.98. The molecule has 25 heavy (non-hydrogen) atoms. The van der Waals surface area contributed by atoms with Crippen molar-refractivity contribution < 1.29 is 4.79 Å². The molecule has 134 valence electrons. The molecule has 2 aliphatic carbocycles. The fraction of sp³-hybridized carbons (Fsp3) is 0.600. The summed E-state index contributed by atoms with van der Waals surface area (Å²) in [5.74, 6) is 2.26. The summed E-state index contributed by atoms with van der Waals surface area (Å²) in [5, 5.41) is 3.13. The van der Waals surface area contributed by atoms with Gasteiger partial charge in [-0.3, -0.25) is 4.79 Å². The molecule has 2 saturated carbocycles. The van der Waals surface area contributed by atoms with Gasteiger partial charge in [0.25, 0.3) is 0 Å². The number of nitrogens with two attached hydrogens (primary N) is 1. The first-order valence-corrected chi connectivity index (χ1v) is 9.49.